The van der Waals surface area contributed by atoms with Crippen LogP contribution in [0.15, 0.2) is 6.07 Å². The Balaban J connectivity index is 3.53. The highest BCUT2D eigenvalue weighted by atomic mass is 35.5. The van der Waals surface area contributed by atoms with Crippen molar-refractivity contribution in [3.8, 4) is 11.5 Å². The number of aliphatic carboxylic acids is 1. The Morgan fingerprint density at radius 2 is 2.06 bits per heavy atom. The molecule has 0 radical (unpaired) electrons. The molecule has 0 saturated carbocycles. The van der Waals surface area contributed by atoms with E-state index < -0.39 is 33.9 Å². The third kappa shape index (κ3) is 1.92. The number of ether oxygens (including phenoxy) is 1. The number of ketones is 1. The van der Waals surface area contributed by atoms with E-state index in [1.807, 2.05) is 0 Å². The topological polar surface area (TPSA) is 83.8 Å². The van der Waals surface area contributed by atoms with Crippen LogP contribution in [0.1, 0.15) is 10.4 Å². The van der Waals surface area contributed by atoms with Gasteiger partial charge in [0.1, 0.15) is 5.56 Å². The fourth-order valence-corrected chi connectivity index (χ4v) is 1.26. The van der Waals surface area contributed by atoms with E-state index in [2.05, 4.69) is 4.74 Å². The summed E-state index contributed by atoms with van der Waals surface area (Å²) in [7, 11) is 1.15. The molecule has 0 atom stereocenters. The monoisotopic (exact) mass is 248 g/mol. The third-order valence-corrected chi connectivity index (χ3v) is 2.07. The molecular weight excluding hydrogens is 243 g/mol. The van der Waals surface area contributed by atoms with Crippen LogP contribution in [0.25, 0.3) is 0 Å². The van der Waals surface area contributed by atoms with Gasteiger partial charge >= 0.3 is 5.97 Å². The SMILES string of the molecule is COc1cc(Cl)c(F)c(C(=O)C(=O)O)c1O. The number of halogens is 2. The minimum atomic E-state index is -1.90. The molecule has 0 aromatic heterocycles. The molecule has 1 aromatic rings. The van der Waals surface area contributed by atoms with Crippen LogP contribution in [0.2, 0.25) is 5.02 Å². The standard InChI is InChI=1S/C9H6ClFO5/c1-16-4-2-3(10)6(11)5(7(4)12)8(13)9(14)15/h2,12H,1H3,(H,14,15). The highest BCUT2D eigenvalue weighted by Gasteiger charge is 2.27. The molecule has 0 aliphatic heterocycles. The van der Waals surface area contributed by atoms with Crippen LogP contribution in [0, 0.1) is 5.82 Å². The molecule has 0 fully saturated rings. The maximum absolute atomic E-state index is 13.4. The number of carbonyl (C=O) groups is 2. The molecule has 0 bridgehead atoms. The number of phenolic OH excluding ortho intramolecular Hbond substituents is 1. The van der Waals surface area contributed by atoms with Crippen molar-refractivity contribution in [1.82, 2.24) is 0 Å². The van der Waals surface area contributed by atoms with Crippen molar-refractivity contribution in [2.75, 3.05) is 7.11 Å². The number of carbonyl (C=O) groups excluding carboxylic acids is 1. The van der Waals surface area contributed by atoms with Gasteiger partial charge < -0.3 is 14.9 Å². The summed E-state index contributed by atoms with van der Waals surface area (Å²) in [6.45, 7) is 0. The molecule has 86 valence electrons. The number of hydrogen-bond acceptors (Lipinski definition) is 4. The highest BCUT2D eigenvalue weighted by molar-refractivity contribution is 6.41. The van der Waals surface area contributed by atoms with Crippen LogP contribution < -0.4 is 4.74 Å². The number of carboxylic acids is 1. The van der Waals surface area contributed by atoms with Crippen LogP contribution in [-0.4, -0.2) is 29.1 Å². The van der Waals surface area contributed by atoms with Gasteiger partial charge in [-0.3, -0.25) is 4.79 Å². The molecule has 5 nitrogen and oxygen atoms in total. The first-order valence-electron chi connectivity index (χ1n) is 3.92. The Hall–Kier alpha value is -1.82. The molecule has 0 saturated heterocycles. The molecule has 0 aliphatic rings. The number of benzene rings is 1. The van der Waals surface area contributed by atoms with Gasteiger partial charge in [-0.1, -0.05) is 11.6 Å². The zero-order valence-corrected chi connectivity index (χ0v) is 8.71. The van der Waals surface area contributed by atoms with Gasteiger partial charge in [-0.25, -0.2) is 9.18 Å². The van der Waals surface area contributed by atoms with E-state index in [1.54, 1.807) is 0 Å². The van der Waals surface area contributed by atoms with Gasteiger partial charge in [-0.2, -0.15) is 0 Å². The largest absolute Gasteiger partial charge is 0.504 e. The molecule has 0 unspecified atom stereocenters. The predicted molar refractivity (Wildman–Crippen MR) is 51.6 cm³/mol. The first-order chi connectivity index (χ1) is 7.40. The van der Waals surface area contributed by atoms with Crippen LogP contribution >= 0.6 is 11.6 Å². The maximum Gasteiger partial charge on any atom is 0.377 e. The summed E-state index contributed by atoms with van der Waals surface area (Å²) in [5, 5.41) is 17.3. The molecular formula is C9H6ClFO5. The Labute approximate surface area is 94.0 Å². The maximum atomic E-state index is 13.4. The van der Waals surface area contributed by atoms with Gasteiger partial charge in [-0.15, -0.1) is 0 Å². The Morgan fingerprint density at radius 1 is 1.50 bits per heavy atom. The molecule has 0 amide bonds. The quantitative estimate of drug-likeness (QED) is 0.625. The van der Waals surface area contributed by atoms with E-state index in [0.717, 1.165) is 13.2 Å². The second-order valence-corrected chi connectivity index (χ2v) is 3.14. The lowest BCUT2D eigenvalue weighted by Crippen LogP contribution is -2.15. The molecule has 0 aliphatic carbocycles. The van der Waals surface area contributed by atoms with E-state index in [9.17, 15) is 19.1 Å². The van der Waals surface area contributed by atoms with Gasteiger partial charge in [0.25, 0.3) is 5.78 Å². The summed E-state index contributed by atoms with van der Waals surface area (Å²) >= 11 is 5.41. The molecule has 7 heteroatoms. The summed E-state index contributed by atoms with van der Waals surface area (Å²) in [6.07, 6.45) is 0. The smallest absolute Gasteiger partial charge is 0.377 e. The van der Waals surface area contributed by atoms with Crippen molar-refractivity contribution in [2.45, 2.75) is 0 Å². The minimum Gasteiger partial charge on any atom is -0.504 e. The van der Waals surface area contributed by atoms with Gasteiger partial charge in [-0.05, 0) is 0 Å². The summed E-state index contributed by atoms with van der Waals surface area (Å²) in [5.41, 5.74) is -1.02. The van der Waals surface area contributed by atoms with Gasteiger partial charge in [0, 0.05) is 6.07 Å². The van der Waals surface area contributed by atoms with Crippen molar-refractivity contribution in [3.63, 3.8) is 0 Å². The van der Waals surface area contributed by atoms with E-state index in [0.29, 0.717) is 0 Å². The predicted octanol–water partition coefficient (Wildman–Crippen LogP) is 1.46. The van der Waals surface area contributed by atoms with Crippen molar-refractivity contribution in [2.24, 2.45) is 0 Å². The molecule has 0 spiro atoms. The number of Topliss-reactive ketones (excluding diaryl/α,β-unsaturated/α-hetero) is 1. The van der Waals surface area contributed by atoms with Crippen LogP contribution in [0.5, 0.6) is 11.5 Å². The average Bonchev–Trinajstić information content (AvgIpc) is 2.23. The van der Waals surface area contributed by atoms with Gasteiger partial charge in [0.15, 0.2) is 17.3 Å². The Bertz CT molecular complexity index is 471. The molecule has 0 heterocycles. The first-order valence-corrected chi connectivity index (χ1v) is 4.30. The normalized spacial score (nSPS) is 9.94. The number of methoxy groups -OCH3 is 1. The number of carboxylic acid groups (broad SMARTS) is 1. The Kier molecular flexibility index (Phi) is 3.34. The zero-order chi connectivity index (χ0) is 12.5. The molecule has 16 heavy (non-hydrogen) atoms. The van der Waals surface area contributed by atoms with Crippen LogP contribution in [0.4, 0.5) is 4.39 Å². The van der Waals surface area contributed by atoms with Crippen molar-refractivity contribution < 1.29 is 28.9 Å². The van der Waals surface area contributed by atoms with Crippen LogP contribution in [-0.2, 0) is 4.79 Å². The lowest BCUT2D eigenvalue weighted by molar-refractivity contribution is -0.131. The fourth-order valence-electron chi connectivity index (χ4n) is 1.06. The van der Waals surface area contributed by atoms with Gasteiger partial charge in [0.05, 0.1) is 12.1 Å². The van der Waals surface area contributed by atoms with E-state index in [1.165, 1.54) is 0 Å². The second kappa shape index (κ2) is 4.36. The second-order valence-electron chi connectivity index (χ2n) is 2.73. The summed E-state index contributed by atoms with van der Waals surface area (Å²) in [6, 6.07) is 0.935. The Morgan fingerprint density at radius 3 is 2.50 bits per heavy atom. The van der Waals surface area contributed by atoms with E-state index >= 15 is 0 Å². The lowest BCUT2D eigenvalue weighted by Gasteiger charge is -2.08. The van der Waals surface area contributed by atoms with Crippen molar-refractivity contribution in [1.29, 1.82) is 0 Å². The number of rotatable bonds is 3. The average molecular weight is 249 g/mol. The van der Waals surface area contributed by atoms with E-state index in [-0.39, 0.29) is 5.75 Å². The number of aromatic hydroxyl groups is 1. The summed E-state index contributed by atoms with van der Waals surface area (Å²) in [5.74, 6) is -5.98. The summed E-state index contributed by atoms with van der Waals surface area (Å²) < 4.78 is 18.0. The van der Waals surface area contributed by atoms with Crippen LogP contribution in [0.3, 0.4) is 0 Å². The molecule has 1 aromatic carbocycles. The third-order valence-electron chi connectivity index (χ3n) is 1.80. The summed E-state index contributed by atoms with van der Waals surface area (Å²) in [4.78, 5) is 21.5. The van der Waals surface area contributed by atoms with E-state index in [4.69, 9.17) is 16.7 Å². The number of phenols is 1. The zero-order valence-electron chi connectivity index (χ0n) is 7.95. The lowest BCUT2D eigenvalue weighted by atomic mass is 10.1. The van der Waals surface area contributed by atoms with Gasteiger partial charge in [0.2, 0.25) is 0 Å². The molecule has 1 rings (SSSR count). The number of hydrogen-bond donors (Lipinski definition) is 2. The fraction of sp³-hybridized carbons (Fsp3) is 0.111. The molecule has 2 N–H and O–H groups in total. The van der Waals surface area contributed by atoms with Crippen molar-refractivity contribution >= 4 is 23.4 Å². The highest BCUT2D eigenvalue weighted by Crippen LogP contribution is 2.36. The first kappa shape index (κ1) is 12.3. The minimum absolute atomic E-state index is 0.281. The van der Waals surface area contributed by atoms with Crippen molar-refractivity contribution in [3.05, 3.63) is 22.5 Å².